The second-order valence-electron chi connectivity index (χ2n) is 6.83. The maximum atomic E-state index is 6.21. The van der Waals surface area contributed by atoms with Crippen molar-refractivity contribution < 1.29 is 13.9 Å². The number of methoxy groups -OCH3 is 1. The zero-order valence-electron chi connectivity index (χ0n) is 15.5. The van der Waals surface area contributed by atoms with Crippen molar-refractivity contribution in [2.75, 3.05) is 7.11 Å². The van der Waals surface area contributed by atoms with Crippen LogP contribution in [-0.2, 0) is 6.61 Å². The van der Waals surface area contributed by atoms with E-state index in [0.717, 1.165) is 54.2 Å². The van der Waals surface area contributed by atoms with E-state index in [0.29, 0.717) is 11.6 Å². The third-order valence-electron chi connectivity index (χ3n) is 5.03. The molecular weight excluding hydrogens is 452 g/mol. The molecule has 0 aliphatic rings. The van der Waals surface area contributed by atoms with Crippen LogP contribution < -0.4 is 9.47 Å². The predicted octanol–water partition coefficient (Wildman–Crippen LogP) is 7.74. The number of halogens is 2. The highest BCUT2D eigenvalue weighted by Crippen LogP contribution is 2.39. The summed E-state index contributed by atoms with van der Waals surface area (Å²) in [4.78, 5) is 0. The normalized spacial score (nSPS) is 11.4. The van der Waals surface area contributed by atoms with Crippen molar-refractivity contribution >= 4 is 60.2 Å². The van der Waals surface area contributed by atoms with E-state index in [1.807, 2.05) is 54.6 Å². The summed E-state index contributed by atoms with van der Waals surface area (Å²) >= 11 is 9.74. The Bertz CT molecular complexity index is 1360. The first kappa shape index (κ1) is 18.3. The molecule has 0 atom stereocenters. The fraction of sp³-hybridized carbons (Fsp3) is 0.0833. The topological polar surface area (TPSA) is 31.6 Å². The van der Waals surface area contributed by atoms with Gasteiger partial charge in [-0.3, -0.25) is 0 Å². The highest BCUT2D eigenvalue weighted by molar-refractivity contribution is 9.10. The van der Waals surface area contributed by atoms with Crippen molar-refractivity contribution in [3.05, 3.63) is 81.8 Å². The van der Waals surface area contributed by atoms with Gasteiger partial charge in [0.15, 0.2) is 5.58 Å². The molecule has 0 radical (unpaired) electrons. The van der Waals surface area contributed by atoms with Gasteiger partial charge in [-0.05, 0) is 80.8 Å². The van der Waals surface area contributed by atoms with Crippen molar-refractivity contribution in [1.29, 1.82) is 0 Å². The molecule has 0 fully saturated rings. The maximum absolute atomic E-state index is 6.21. The number of benzene rings is 4. The van der Waals surface area contributed by atoms with E-state index in [9.17, 15) is 0 Å². The third kappa shape index (κ3) is 3.33. The molecule has 0 spiro atoms. The van der Waals surface area contributed by atoms with Gasteiger partial charge in [0.2, 0.25) is 0 Å². The van der Waals surface area contributed by atoms with Crippen LogP contribution in [0.15, 0.2) is 75.6 Å². The summed E-state index contributed by atoms with van der Waals surface area (Å²) in [5.74, 6) is 1.65. The Kier molecular flexibility index (Phi) is 4.61. The van der Waals surface area contributed by atoms with Crippen molar-refractivity contribution in [3.8, 4) is 11.5 Å². The second-order valence-corrected chi connectivity index (χ2v) is 8.03. The standard InChI is InChI=1S/C24H16BrClO3/c1-27-17-5-2-14(3-6-17)13-28-18-7-4-15-11-20-19-8-9-21(26)23(25)24(19)29-22(20)12-16(15)10-18/h2-12H,13H2,1H3. The molecule has 0 saturated carbocycles. The molecule has 0 aliphatic carbocycles. The maximum Gasteiger partial charge on any atom is 0.151 e. The summed E-state index contributed by atoms with van der Waals surface area (Å²) in [5.41, 5.74) is 2.67. The molecule has 3 nitrogen and oxygen atoms in total. The molecule has 5 aromatic rings. The number of furan rings is 1. The Morgan fingerprint density at radius 1 is 0.862 bits per heavy atom. The molecule has 0 saturated heterocycles. The van der Waals surface area contributed by atoms with Gasteiger partial charge in [0.1, 0.15) is 23.7 Å². The molecule has 0 bridgehead atoms. The van der Waals surface area contributed by atoms with Gasteiger partial charge < -0.3 is 13.9 Å². The molecule has 1 heterocycles. The molecular formula is C24H16BrClO3. The van der Waals surface area contributed by atoms with Gasteiger partial charge in [-0.25, -0.2) is 0 Å². The van der Waals surface area contributed by atoms with E-state index >= 15 is 0 Å². The number of fused-ring (bicyclic) bond motifs is 4. The average Bonchev–Trinajstić information content (AvgIpc) is 3.11. The first-order valence-corrected chi connectivity index (χ1v) is 10.3. The van der Waals surface area contributed by atoms with E-state index < -0.39 is 0 Å². The smallest absolute Gasteiger partial charge is 0.151 e. The molecule has 144 valence electrons. The summed E-state index contributed by atoms with van der Waals surface area (Å²) in [7, 11) is 1.66. The summed E-state index contributed by atoms with van der Waals surface area (Å²) in [6.45, 7) is 0.494. The van der Waals surface area contributed by atoms with Crippen LogP contribution in [0.1, 0.15) is 5.56 Å². The molecule has 0 amide bonds. The van der Waals surface area contributed by atoms with Gasteiger partial charge in [0.05, 0.1) is 16.6 Å². The van der Waals surface area contributed by atoms with Crippen LogP contribution in [0.2, 0.25) is 5.02 Å². The Morgan fingerprint density at radius 3 is 2.45 bits per heavy atom. The lowest BCUT2D eigenvalue weighted by Gasteiger charge is -2.08. The molecule has 0 unspecified atom stereocenters. The van der Waals surface area contributed by atoms with Crippen LogP contribution in [-0.4, -0.2) is 7.11 Å². The van der Waals surface area contributed by atoms with Crippen LogP contribution in [0.5, 0.6) is 11.5 Å². The molecule has 0 N–H and O–H groups in total. The zero-order chi connectivity index (χ0) is 20.0. The van der Waals surface area contributed by atoms with Crippen LogP contribution in [0, 0.1) is 0 Å². The first-order chi connectivity index (χ1) is 14.1. The Labute approximate surface area is 180 Å². The minimum absolute atomic E-state index is 0.494. The van der Waals surface area contributed by atoms with Crippen molar-refractivity contribution in [3.63, 3.8) is 0 Å². The quantitative estimate of drug-likeness (QED) is 0.271. The summed E-state index contributed by atoms with van der Waals surface area (Å²) in [6.07, 6.45) is 0. The van der Waals surface area contributed by atoms with Gasteiger partial charge in [-0.1, -0.05) is 29.8 Å². The largest absolute Gasteiger partial charge is 0.497 e. The minimum Gasteiger partial charge on any atom is -0.497 e. The summed E-state index contributed by atoms with van der Waals surface area (Å²) in [5, 5.41) is 4.93. The lowest BCUT2D eigenvalue weighted by atomic mass is 10.1. The van der Waals surface area contributed by atoms with Crippen LogP contribution in [0.3, 0.4) is 0 Å². The Balaban J connectivity index is 1.49. The zero-order valence-corrected chi connectivity index (χ0v) is 17.9. The Hall–Kier alpha value is -2.69. The van der Waals surface area contributed by atoms with Crippen LogP contribution >= 0.6 is 27.5 Å². The van der Waals surface area contributed by atoms with E-state index in [4.69, 9.17) is 25.5 Å². The van der Waals surface area contributed by atoms with E-state index in [1.54, 1.807) is 7.11 Å². The third-order valence-corrected chi connectivity index (χ3v) is 6.36. The molecule has 29 heavy (non-hydrogen) atoms. The molecule has 0 aliphatic heterocycles. The summed E-state index contributed by atoms with van der Waals surface area (Å²) < 4.78 is 18.0. The van der Waals surface area contributed by atoms with Crippen molar-refractivity contribution in [1.82, 2.24) is 0 Å². The fourth-order valence-corrected chi connectivity index (χ4v) is 4.06. The van der Waals surface area contributed by atoms with Gasteiger partial charge in [-0.15, -0.1) is 0 Å². The molecule has 5 heteroatoms. The van der Waals surface area contributed by atoms with Crippen LogP contribution in [0.25, 0.3) is 32.7 Å². The fourth-order valence-electron chi connectivity index (χ4n) is 3.48. The van der Waals surface area contributed by atoms with Gasteiger partial charge in [-0.2, -0.15) is 0 Å². The monoisotopic (exact) mass is 466 g/mol. The molecule has 4 aromatic carbocycles. The van der Waals surface area contributed by atoms with E-state index in [1.165, 1.54) is 0 Å². The van der Waals surface area contributed by atoms with Crippen molar-refractivity contribution in [2.24, 2.45) is 0 Å². The van der Waals surface area contributed by atoms with Crippen LogP contribution in [0.4, 0.5) is 0 Å². The lowest BCUT2D eigenvalue weighted by Crippen LogP contribution is -1.95. The minimum atomic E-state index is 0.494. The predicted molar refractivity (Wildman–Crippen MR) is 121 cm³/mol. The summed E-state index contributed by atoms with van der Waals surface area (Å²) in [6, 6.07) is 22.0. The number of hydrogen-bond acceptors (Lipinski definition) is 3. The number of hydrogen-bond donors (Lipinski definition) is 0. The number of rotatable bonds is 4. The highest BCUT2D eigenvalue weighted by atomic mass is 79.9. The molecule has 5 rings (SSSR count). The van der Waals surface area contributed by atoms with Crippen molar-refractivity contribution in [2.45, 2.75) is 6.61 Å². The first-order valence-electron chi connectivity index (χ1n) is 9.12. The lowest BCUT2D eigenvalue weighted by molar-refractivity contribution is 0.306. The van der Waals surface area contributed by atoms with E-state index in [2.05, 4.69) is 28.1 Å². The van der Waals surface area contributed by atoms with E-state index in [-0.39, 0.29) is 0 Å². The average molecular weight is 468 g/mol. The SMILES string of the molecule is COc1ccc(COc2ccc3cc4c(cc3c2)oc2c(Br)c(Cl)ccc24)cc1. The molecule has 1 aromatic heterocycles. The van der Waals surface area contributed by atoms with Gasteiger partial charge in [0.25, 0.3) is 0 Å². The Morgan fingerprint density at radius 2 is 1.66 bits per heavy atom. The number of ether oxygens (including phenoxy) is 2. The highest BCUT2D eigenvalue weighted by Gasteiger charge is 2.13. The van der Waals surface area contributed by atoms with Gasteiger partial charge >= 0.3 is 0 Å². The van der Waals surface area contributed by atoms with Gasteiger partial charge in [0, 0.05) is 10.8 Å². The second kappa shape index (κ2) is 7.29.